The van der Waals surface area contributed by atoms with E-state index in [0.717, 1.165) is 44.5 Å². The minimum atomic E-state index is -0.192. The highest BCUT2D eigenvalue weighted by molar-refractivity contribution is 5.93. The summed E-state index contributed by atoms with van der Waals surface area (Å²) in [6, 6.07) is 0. The van der Waals surface area contributed by atoms with Gasteiger partial charge in [-0.1, -0.05) is 6.92 Å². The molecule has 28 heavy (non-hydrogen) atoms. The third-order valence-electron chi connectivity index (χ3n) is 6.24. The fraction of sp³-hybridized carbons (Fsp3) is 0.632. The third-order valence-corrected chi connectivity index (χ3v) is 6.24. The molecule has 148 valence electrons. The zero-order valence-electron chi connectivity index (χ0n) is 16.2. The number of rotatable bonds is 5. The fourth-order valence-electron chi connectivity index (χ4n) is 5.03. The molecule has 3 fully saturated rings. The van der Waals surface area contributed by atoms with E-state index in [1.54, 1.807) is 6.92 Å². The molecule has 1 unspecified atom stereocenters. The number of nitrogens with zero attached hydrogens (tertiary/aromatic N) is 4. The first-order valence-electron chi connectivity index (χ1n) is 9.91. The minimum Gasteiger partial charge on any atom is -0.350 e. The molecule has 3 saturated carbocycles. The van der Waals surface area contributed by atoms with Crippen molar-refractivity contribution < 1.29 is 9.59 Å². The predicted molar refractivity (Wildman–Crippen MR) is 99.5 cm³/mol. The van der Waals surface area contributed by atoms with Crippen molar-refractivity contribution in [3.05, 3.63) is 29.4 Å². The molecule has 2 aromatic rings. The molecule has 0 saturated heterocycles. The van der Waals surface area contributed by atoms with E-state index in [0.29, 0.717) is 23.3 Å². The molecule has 2 aromatic heterocycles. The van der Waals surface area contributed by atoms with Crippen LogP contribution in [0.3, 0.4) is 0 Å². The smallest absolute Gasteiger partial charge is 0.271 e. The molecule has 0 radical (unpaired) electrons. The Balaban J connectivity index is 1.14. The molecule has 3 aliphatic carbocycles. The highest BCUT2D eigenvalue weighted by Crippen LogP contribution is 2.60. The van der Waals surface area contributed by atoms with Crippen molar-refractivity contribution in [3.63, 3.8) is 0 Å². The van der Waals surface area contributed by atoms with Gasteiger partial charge in [-0.2, -0.15) is 5.10 Å². The number of aryl methyl sites for hydroxylation is 2. The molecular formula is C19H25N7O2. The summed E-state index contributed by atoms with van der Waals surface area (Å²) in [4.78, 5) is 33.6. The molecule has 6 rings (SSSR count). The molecule has 9 heteroatoms. The number of aromatic nitrogens is 5. The number of fused-ring (bicyclic) bond motifs is 1. The Bertz CT molecular complexity index is 940. The SMILES string of the molecule is Cc1nc(CC(=O)NC23CC(NC(=O)c4cn5c(n4)CCC(C)C5)(C2)C3)n[nH]1. The molecule has 4 aliphatic rings. The van der Waals surface area contributed by atoms with Crippen molar-refractivity contribution in [2.24, 2.45) is 5.92 Å². The van der Waals surface area contributed by atoms with Crippen LogP contribution in [0.2, 0.25) is 0 Å². The van der Waals surface area contributed by atoms with Gasteiger partial charge in [-0.25, -0.2) is 9.97 Å². The number of imidazole rings is 1. The number of hydrogen-bond donors (Lipinski definition) is 3. The van der Waals surface area contributed by atoms with Gasteiger partial charge in [-0.15, -0.1) is 0 Å². The summed E-state index contributed by atoms with van der Waals surface area (Å²) >= 11 is 0. The molecule has 0 spiro atoms. The number of H-pyrrole nitrogens is 1. The summed E-state index contributed by atoms with van der Waals surface area (Å²) in [5.74, 6) is 2.65. The van der Waals surface area contributed by atoms with Crippen LogP contribution in [0.4, 0.5) is 0 Å². The van der Waals surface area contributed by atoms with Gasteiger partial charge in [0.2, 0.25) is 5.91 Å². The lowest BCUT2D eigenvalue weighted by Gasteiger charge is -2.70. The standard InChI is InChI=1S/C19H25N7O2/c1-11-3-4-15-21-13(7-26(15)6-11)17(28)23-19-8-18(9-19,10-19)22-16(27)5-14-20-12(2)24-25-14/h7,11H,3-6,8-10H2,1-2H3,(H,22,27)(H,23,28)(H,20,24,25). The lowest BCUT2D eigenvalue weighted by molar-refractivity contribution is -0.139. The molecular weight excluding hydrogens is 358 g/mol. The average Bonchev–Trinajstić information content (AvgIpc) is 3.17. The number of carbonyl (C=O) groups excluding carboxylic acids is 2. The maximum absolute atomic E-state index is 12.7. The first kappa shape index (κ1) is 17.4. The predicted octanol–water partition coefficient (Wildman–Crippen LogP) is 0.656. The third kappa shape index (κ3) is 2.89. The molecule has 2 amide bonds. The zero-order chi connectivity index (χ0) is 19.5. The summed E-state index contributed by atoms with van der Waals surface area (Å²) in [7, 11) is 0. The van der Waals surface area contributed by atoms with Gasteiger partial charge in [-0.05, 0) is 38.5 Å². The summed E-state index contributed by atoms with van der Waals surface area (Å²) in [5.41, 5.74) is 0.133. The van der Waals surface area contributed by atoms with Crippen LogP contribution < -0.4 is 10.6 Å². The Morgan fingerprint density at radius 1 is 1.25 bits per heavy atom. The van der Waals surface area contributed by atoms with Crippen molar-refractivity contribution in [3.8, 4) is 0 Å². The number of nitrogens with one attached hydrogen (secondary N) is 3. The molecule has 1 atom stereocenters. The first-order valence-corrected chi connectivity index (χ1v) is 9.91. The van der Waals surface area contributed by atoms with Gasteiger partial charge >= 0.3 is 0 Å². The average molecular weight is 383 g/mol. The van der Waals surface area contributed by atoms with Gasteiger partial charge in [0.05, 0.1) is 6.42 Å². The molecule has 3 N–H and O–H groups in total. The monoisotopic (exact) mass is 383 g/mol. The Morgan fingerprint density at radius 2 is 2.00 bits per heavy atom. The Morgan fingerprint density at radius 3 is 2.71 bits per heavy atom. The second-order valence-electron chi connectivity index (χ2n) is 8.95. The van der Waals surface area contributed by atoms with E-state index < -0.39 is 0 Å². The highest BCUT2D eigenvalue weighted by atomic mass is 16.2. The summed E-state index contributed by atoms with van der Waals surface area (Å²) in [6.45, 7) is 4.96. The lowest BCUT2D eigenvalue weighted by atomic mass is 9.44. The van der Waals surface area contributed by atoms with Crippen LogP contribution in [0.1, 0.15) is 60.6 Å². The van der Waals surface area contributed by atoms with Crippen LogP contribution in [0.15, 0.2) is 6.20 Å². The van der Waals surface area contributed by atoms with E-state index >= 15 is 0 Å². The van der Waals surface area contributed by atoms with Crippen LogP contribution in [0.5, 0.6) is 0 Å². The van der Waals surface area contributed by atoms with E-state index in [-0.39, 0.29) is 29.3 Å². The Kier molecular flexibility index (Phi) is 3.66. The maximum Gasteiger partial charge on any atom is 0.271 e. The van der Waals surface area contributed by atoms with Crippen molar-refractivity contribution >= 4 is 11.8 Å². The summed E-state index contributed by atoms with van der Waals surface area (Å²) < 4.78 is 2.11. The van der Waals surface area contributed by atoms with Crippen LogP contribution in [0, 0.1) is 12.8 Å². The number of carbonyl (C=O) groups is 2. The summed E-state index contributed by atoms with van der Waals surface area (Å²) in [6.07, 6.45) is 6.42. The maximum atomic E-state index is 12.7. The topological polar surface area (TPSA) is 118 Å². The largest absolute Gasteiger partial charge is 0.350 e. The second-order valence-corrected chi connectivity index (χ2v) is 8.95. The van der Waals surface area contributed by atoms with Crippen molar-refractivity contribution in [1.29, 1.82) is 0 Å². The van der Waals surface area contributed by atoms with Gasteiger partial charge in [0.25, 0.3) is 5.91 Å². The van der Waals surface area contributed by atoms with Crippen molar-refractivity contribution in [2.75, 3.05) is 0 Å². The van der Waals surface area contributed by atoms with Gasteiger partial charge in [-0.3, -0.25) is 14.7 Å². The van der Waals surface area contributed by atoms with E-state index in [1.165, 1.54) is 0 Å². The highest BCUT2D eigenvalue weighted by Gasteiger charge is 2.69. The zero-order valence-corrected chi connectivity index (χ0v) is 16.2. The lowest BCUT2D eigenvalue weighted by Crippen LogP contribution is -2.83. The minimum absolute atomic E-state index is 0.0745. The Labute approximate surface area is 162 Å². The molecule has 3 heterocycles. The number of aromatic amines is 1. The van der Waals surface area contributed by atoms with Gasteiger partial charge in [0.1, 0.15) is 17.3 Å². The Hall–Kier alpha value is -2.71. The number of hydrogen-bond acceptors (Lipinski definition) is 5. The van der Waals surface area contributed by atoms with E-state index in [4.69, 9.17) is 0 Å². The first-order chi connectivity index (χ1) is 13.3. The molecule has 9 nitrogen and oxygen atoms in total. The fourth-order valence-corrected chi connectivity index (χ4v) is 5.03. The molecule has 0 aromatic carbocycles. The quantitative estimate of drug-likeness (QED) is 0.701. The van der Waals surface area contributed by atoms with Crippen LogP contribution in [0.25, 0.3) is 0 Å². The van der Waals surface area contributed by atoms with E-state index in [1.807, 2.05) is 6.20 Å². The van der Waals surface area contributed by atoms with Gasteiger partial charge in [0.15, 0.2) is 5.82 Å². The van der Waals surface area contributed by atoms with Crippen LogP contribution in [-0.2, 0) is 24.2 Å². The second kappa shape index (κ2) is 5.89. The summed E-state index contributed by atoms with van der Waals surface area (Å²) in [5, 5.41) is 13.0. The van der Waals surface area contributed by atoms with Gasteiger partial charge < -0.3 is 15.2 Å². The van der Waals surface area contributed by atoms with E-state index in [9.17, 15) is 9.59 Å². The van der Waals surface area contributed by atoms with E-state index in [2.05, 4.69) is 42.3 Å². The number of amides is 2. The van der Waals surface area contributed by atoms with Crippen molar-refractivity contribution in [1.82, 2.24) is 35.4 Å². The van der Waals surface area contributed by atoms with Gasteiger partial charge in [0, 0.05) is 30.2 Å². The van der Waals surface area contributed by atoms with Crippen LogP contribution >= 0.6 is 0 Å². The molecule has 2 bridgehead atoms. The van der Waals surface area contributed by atoms with Crippen LogP contribution in [-0.4, -0.2) is 47.6 Å². The van der Waals surface area contributed by atoms with Crippen molar-refractivity contribution in [2.45, 2.75) is 70.0 Å². The molecule has 1 aliphatic heterocycles. The normalized spacial score (nSPS) is 30.0.